The molecule has 150 valence electrons. The number of nitrogens with zero attached hydrogens (tertiary/aromatic N) is 1. The van der Waals surface area contributed by atoms with Gasteiger partial charge in [-0.25, -0.2) is 13.2 Å². The van der Waals surface area contributed by atoms with Crippen molar-refractivity contribution in [3.8, 4) is 0 Å². The minimum atomic E-state index is -3.47. The lowest BCUT2D eigenvalue weighted by Gasteiger charge is -2.29. The fourth-order valence-electron chi connectivity index (χ4n) is 3.00. The zero-order valence-electron chi connectivity index (χ0n) is 15.4. The largest absolute Gasteiger partial charge is 0.465 e. The van der Waals surface area contributed by atoms with Gasteiger partial charge in [0.1, 0.15) is 10.8 Å². The van der Waals surface area contributed by atoms with Crippen molar-refractivity contribution in [3.63, 3.8) is 0 Å². The van der Waals surface area contributed by atoms with E-state index >= 15 is 0 Å². The lowest BCUT2D eigenvalue weighted by atomic mass is 9.98. The Hall–Kier alpha value is -2.23. The average Bonchev–Trinajstić information content (AvgIpc) is 3.28. The molecule has 0 unspecified atom stereocenters. The van der Waals surface area contributed by atoms with Gasteiger partial charge in [0.2, 0.25) is 0 Å². The molecule has 1 saturated heterocycles. The van der Waals surface area contributed by atoms with Gasteiger partial charge < -0.3 is 9.47 Å². The summed E-state index contributed by atoms with van der Waals surface area (Å²) in [6.07, 6.45) is 0.870. The van der Waals surface area contributed by atoms with Crippen molar-refractivity contribution >= 4 is 33.3 Å². The summed E-state index contributed by atoms with van der Waals surface area (Å²) in [4.78, 5) is 23.7. The second-order valence-corrected chi connectivity index (χ2v) is 9.52. The quantitative estimate of drug-likeness (QED) is 0.664. The van der Waals surface area contributed by atoms with Gasteiger partial charge in [0.15, 0.2) is 0 Å². The first kappa shape index (κ1) is 20.5. The van der Waals surface area contributed by atoms with Gasteiger partial charge in [-0.1, -0.05) is 18.2 Å². The highest BCUT2D eigenvalue weighted by atomic mass is 32.2. The number of methoxy groups -OCH3 is 1. The van der Waals surface area contributed by atoms with Crippen LogP contribution in [0.3, 0.4) is 0 Å². The topological polar surface area (TPSA) is 90.0 Å². The van der Waals surface area contributed by atoms with Crippen LogP contribution in [0.4, 0.5) is 0 Å². The van der Waals surface area contributed by atoms with Gasteiger partial charge in [0.05, 0.1) is 18.6 Å². The number of piperidine rings is 1. The molecule has 0 N–H and O–H groups in total. The molecule has 0 aliphatic carbocycles. The molecule has 3 rings (SSSR count). The van der Waals surface area contributed by atoms with Crippen LogP contribution >= 0.6 is 11.3 Å². The van der Waals surface area contributed by atoms with Crippen LogP contribution in [-0.2, 0) is 30.9 Å². The maximum atomic E-state index is 12.5. The highest BCUT2D eigenvalue weighted by Crippen LogP contribution is 2.27. The molecule has 1 fully saturated rings. The normalized spacial score (nSPS) is 15.9. The average molecular weight is 424 g/mol. The molecule has 0 radical (unpaired) electrons. The Morgan fingerprint density at radius 2 is 1.82 bits per heavy atom. The molecule has 0 atom stereocenters. The molecule has 1 aliphatic heterocycles. The number of ether oxygens (including phenoxy) is 2. The number of hydrogen-bond acceptors (Lipinski definition) is 7. The van der Waals surface area contributed by atoms with E-state index in [2.05, 4.69) is 4.74 Å². The van der Waals surface area contributed by atoms with Gasteiger partial charge in [-0.2, -0.15) is 4.31 Å². The van der Waals surface area contributed by atoms with Crippen molar-refractivity contribution in [1.82, 2.24) is 4.31 Å². The van der Waals surface area contributed by atoms with Crippen LogP contribution in [0.1, 0.15) is 28.8 Å². The molecule has 9 heteroatoms. The number of carbonyl (C=O) groups is 2. The predicted molar refractivity (Wildman–Crippen MR) is 103 cm³/mol. The van der Waals surface area contributed by atoms with Gasteiger partial charge in [-0.05, 0) is 42.0 Å². The molecule has 0 spiro atoms. The first-order valence-electron chi connectivity index (χ1n) is 8.79. The molecule has 0 saturated carbocycles. The molecule has 28 heavy (non-hydrogen) atoms. The Morgan fingerprint density at radius 3 is 2.39 bits per heavy atom. The molecule has 2 heterocycles. The number of esters is 2. The predicted octanol–water partition coefficient (Wildman–Crippen LogP) is 2.68. The van der Waals surface area contributed by atoms with E-state index in [0.717, 1.165) is 5.56 Å². The van der Waals surface area contributed by atoms with Gasteiger partial charge in [0, 0.05) is 13.1 Å². The van der Waals surface area contributed by atoms with E-state index in [1.54, 1.807) is 41.8 Å². The summed E-state index contributed by atoms with van der Waals surface area (Å²) in [5.74, 6) is -1.07. The zero-order chi connectivity index (χ0) is 20.1. The number of hydrogen-bond donors (Lipinski definition) is 0. The number of carbonyl (C=O) groups excluding carboxylic acids is 2. The lowest BCUT2D eigenvalue weighted by molar-refractivity contribution is -0.151. The van der Waals surface area contributed by atoms with E-state index < -0.39 is 16.0 Å². The number of benzene rings is 1. The van der Waals surface area contributed by atoms with E-state index in [0.29, 0.717) is 35.7 Å². The van der Waals surface area contributed by atoms with Gasteiger partial charge in [0.25, 0.3) is 10.0 Å². The Bertz CT molecular complexity index is 914. The molecule has 0 amide bonds. The fraction of sp³-hybridized carbons (Fsp3) is 0.368. The Kier molecular flexibility index (Phi) is 6.48. The van der Waals surface area contributed by atoms with Gasteiger partial charge in [-0.15, -0.1) is 11.3 Å². The summed E-state index contributed by atoms with van der Waals surface area (Å²) >= 11 is 1.19. The van der Waals surface area contributed by atoms with Crippen LogP contribution in [0.2, 0.25) is 0 Å². The minimum Gasteiger partial charge on any atom is -0.465 e. The smallest absolute Gasteiger partial charge is 0.337 e. The van der Waals surface area contributed by atoms with Crippen LogP contribution < -0.4 is 0 Å². The fourth-order valence-corrected chi connectivity index (χ4v) is 5.61. The Labute approximate surface area is 167 Å². The second-order valence-electron chi connectivity index (χ2n) is 6.41. The van der Waals surface area contributed by atoms with E-state index in [1.807, 2.05) is 0 Å². The highest BCUT2D eigenvalue weighted by Gasteiger charge is 2.33. The summed E-state index contributed by atoms with van der Waals surface area (Å²) in [6, 6.07) is 9.93. The Morgan fingerprint density at radius 1 is 1.14 bits per heavy atom. The molecule has 0 bridgehead atoms. The van der Waals surface area contributed by atoms with Crippen molar-refractivity contribution < 1.29 is 27.5 Å². The summed E-state index contributed by atoms with van der Waals surface area (Å²) in [5, 5.41) is 1.73. The first-order valence-corrected chi connectivity index (χ1v) is 11.1. The van der Waals surface area contributed by atoms with Crippen LogP contribution in [0, 0.1) is 5.92 Å². The van der Waals surface area contributed by atoms with Crippen molar-refractivity contribution in [2.75, 3.05) is 20.2 Å². The van der Waals surface area contributed by atoms with Crippen LogP contribution in [0.5, 0.6) is 0 Å². The first-order chi connectivity index (χ1) is 13.4. The molecular formula is C19H21NO6S2. The van der Waals surface area contributed by atoms with E-state index in [4.69, 9.17) is 4.74 Å². The monoisotopic (exact) mass is 423 g/mol. The number of rotatable bonds is 6. The zero-order valence-corrected chi connectivity index (χ0v) is 17.0. The van der Waals surface area contributed by atoms with E-state index in [1.165, 1.54) is 22.8 Å². The molecular weight excluding hydrogens is 402 g/mol. The van der Waals surface area contributed by atoms with E-state index in [9.17, 15) is 18.0 Å². The van der Waals surface area contributed by atoms with Crippen LogP contribution in [-0.4, -0.2) is 44.9 Å². The van der Waals surface area contributed by atoms with Crippen molar-refractivity contribution in [2.45, 2.75) is 23.7 Å². The molecule has 1 aromatic carbocycles. The standard InChI is InChI=1S/C19H21NO6S2/c1-25-18(21)15-6-4-14(5-7-15)13-26-19(22)16-8-10-20(11-9-16)28(23,24)17-3-2-12-27-17/h2-7,12,16H,8-11,13H2,1H3. The third-order valence-electron chi connectivity index (χ3n) is 4.63. The van der Waals surface area contributed by atoms with Crippen LogP contribution in [0.25, 0.3) is 0 Å². The molecule has 2 aromatic rings. The molecule has 1 aromatic heterocycles. The van der Waals surface area contributed by atoms with Crippen molar-refractivity contribution in [3.05, 3.63) is 52.9 Å². The van der Waals surface area contributed by atoms with Crippen molar-refractivity contribution in [2.24, 2.45) is 5.92 Å². The maximum Gasteiger partial charge on any atom is 0.337 e. The molecule has 7 nitrogen and oxygen atoms in total. The number of sulfonamides is 1. The SMILES string of the molecule is COC(=O)c1ccc(COC(=O)C2CCN(S(=O)(=O)c3cccs3)CC2)cc1. The molecule has 1 aliphatic rings. The van der Waals surface area contributed by atoms with E-state index in [-0.39, 0.29) is 18.5 Å². The second kappa shape index (κ2) is 8.85. The number of thiophene rings is 1. The minimum absolute atomic E-state index is 0.105. The van der Waals surface area contributed by atoms with Crippen LogP contribution in [0.15, 0.2) is 46.0 Å². The van der Waals surface area contributed by atoms with Gasteiger partial charge >= 0.3 is 11.9 Å². The summed E-state index contributed by atoms with van der Waals surface area (Å²) in [7, 11) is -2.16. The summed E-state index contributed by atoms with van der Waals surface area (Å²) < 4.78 is 36.8. The third-order valence-corrected chi connectivity index (χ3v) is 7.90. The lowest BCUT2D eigenvalue weighted by Crippen LogP contribution is -2.40. The summed E-state index contributed by atoms with van der Waals surface area (Å²) in [6.45, 7) is 0.704. The summed E-state index contributed by atoms with van der Waals surface area (Å²) in [5.41, 5.74) is 1.19. The highest BCUT2D eigenvalue weighted by molar-refractivity contribution is 7.91. The third kappa shape index (κ3) is 4.60. The van der Waals surface area contributed by atoms with Gasteiger partial charge in [-0.3, -0.25) is 4.79 Å². The van der Waals surface area contributed by atoms with Crippen molar-refractivity contribution in [1.29, 1.82) is 0 Å². The maximum absolute atomic E-state index is 12.5. The Balaban J connectivity index is 1.50.